The van der Waals surface area contributed by atoms with Crippen molar-refractivity contribution in [3.05, 3.63) is 117 Å². The third-order valence-electron chi connectivity index (χ3n) is 5.54. The summed E-state index contributed by atoms with van der Waals surface area (Å²) >= 11 is 0. The number of rotatable bonds is 8. The highest BCUT2D eigenvalue weighted by molar-refractivity contribution is 6.03. The van der Waals surface area contributed by atoms with Crippen LogP contribution in [0.2, 0.25) is 0 Å². The predicted molar refractivity (Wildman–Crippen MR) is 132 cm³/mol. The van der Waals surface area contributed by atoms with E-state index in [-0.39, 0.29) is 18.9 Å². The second kappa shape index (κ2) is 10.6. The summed E-state index contributed by atoms with van der Waals surface area (Å²) in [5, 5.41) is 14.2. The van der Waals surface area contributed by atoms with Crippen molar-refractivity contribution in [2.24, 2.45) is 4.99 Å². The van der Waals surface area contributed by atoms with Crippen molar-refractivity contribution in [1.29, 1.82) is 0 Å². The zero-order valence-corrected chi connectivity index (χ0v) is 19.4. The first-order chi connectivity index (χ1) is 17.0. The molecule has 3 aromatic carbocycles. The summed E-state index contributed by atoms with van der Waals surface area (Å²) in [6.45, 7) is 4.04. The fourth-order valence-electron chi connectivity index (χ4n) is 3.83. The monoisotopic (exact) mass is 471 g/mol. The average molecular weight is 472 g/mol. The van der Waals surface area contributed by atoms with Crippen molar-refractivity contribution in [2.75, 3.05) is 6.61 Å². The van der Waals surface area contributed by atoms with E-state index in [1.807, 2.05) is 61.5 Å². The zero-order valence-electron chi connectivity index (χ0n) is 19.4. The van der Waals surface area contributed by atoms with E-state index in [0.29, 0.717) is 28.4 Å². The summed E-state index contributed by atoms with van der Waals surface area (Å²) < 4.78 is 11.4. The minimum Gasteiger partial charge on any atom is -0.489 e. The highest BCUT2D eigenvalue weighted by atomic mass is 16.6. The number of nitrogens with zero attached hydrogens (tertiary/aromatic N) is 2. The zero-order chi connectivity index (χ0) is 24.8. The van der Waals surface area contributed by atoms with Gasteiger partial charge in [-0.2, -0.15) is 0 Å². The molecule has 0 saturated heterocycles. The molecule has 0 amide bonds. The van der Waals surface area contributed by atoms with Crippen LogP contribution in [0.3, 0.4) is 0 Å². The van der Waals surface area contributed by atoms with Crippen molar-refractivity contribution < 1.29 is 19.2 Å². The molecule has 0 aliphatic carbocycles. The lowest BCUT2D eigenvalue weighted by Crippen LogP contribution is -2.33. The predicted octanol–water partition coefficient (Wildman–Crippen LogP) is 5.10. The number of aliphatic imine (C=N–C) groups is 1. The highest BCUT2D eigenvalue weighted by Crippen LogP contribution is 2.37. The number of nitro benzene ring substituents is 1. The quantitative estimate of drug-likeness (QED) is 0.278. The van der Waals surface area contributed by atoms with Crippen molar-refractivity contribution in [3.8, 4) is 5.75 Å². The molecule has 3 aromatic rings. The maximum atomic E-state index is 12.9. The molecule has 0 radical (unpaired) electrons. The molecule has 0 saturated carbocycles. The van der Waals surface area contributed by atoms with Gasteiger partial charge >= 0.3 is 5.97 Å². The maximum absolute atomic E-state index is 12.9. The first-order valence-electron chi connectivity index (χ1n) is 11.2. The molecule has 178 valence electrons. The van der Waals surface area contributed by atoms with Crippen LogP contribution in [0.1, 0.15) is 36.6 Å². The third kappa shape index (κ3) is 5.38. The number of esters is 1. The normalized spacial score (nSPS) is 15.1. The van der Waals surface area contributed by atoms with Gasteiger partial charge in [-0.1, -0.05) is 48.5 Å². The lowest BCUT2D eigenvalue weighted by molar-refractivity contribution is -0.384. The van der Waals surface area contributed by atoms with Crippen molar-refractivity contribution >= 4 is 17.5 Å². The number of amidine groups is 1. The Labute approximate surface area is 203 Å². The Bertz CT molecular complexity index is 1280. The number of nitrogens with one attached hydrogen (secondary N) is 1. The number of para-hydroxylation sites is 1. The summed E-state index contributed by atoms with van der Waals surface area (Å²) in [5.74, 6) is 0.762. The van der Waals surface area contributed by atoms with Crippen LogP contribution in [-0.2, 0) is 16.1 Å². The molecular formula is C27H25N3O5. The fourth-order valence-corrected chi connectivity index (χ4v) is 3.83. The molecule has 1 heterocycles. The lowest BCUT2D eigenvalue weighted by Gasteiger charge is -2.27. The molecule has 0 fully saturated rings. The van der Waals surface area contributed by atoms with E-state index >= 15 is 0 Å². The number of benzene rings is 3. The van der Waals surface area contributed by atoms with E-state index in [9.17, 15) is 14.9 Å². The number of allylic oxidation sites excluding steroid dienone is 1. The summed E-state index contributed by atoms with van der Waals surface area (Å²) in [4.78, 5) is 28.3. The Kier molecular flexibility index (Phi) is 7.21. The number of carbonyl (C=O) groups excluding carboxylic acids is 1. The van der Waals surface area contributed by atoms with Gasteiger partial charge in [0.15, 0.2) is 0 Å². The van der Waals surface area contributed by atoms with E-state index < -0.39 is 16.9 Å². The van der Waals surface area contributed by atoms with Crippen LogP contribution in [0.25, 0.3) is 0 Å². The second-order valence-corrected chi connectivity index (χ2v) is 7.88. The van der Waals surface area contributed by atoms with Crippen LogP contribution >= 0.6 is 0 Å². The number of hydrogen-bond donors (Lipinski definition) is 1. The molecule has 4 rings (SSSR count). The topological polar surface area (TPSA) is 103 Å². The minimum absolute atomic E-state index is 0.0197. The Morgan fingerprint density at radius 2 is 1.71 bits per heavy atom. The Hall–Kier alpha value is -4.46. The second-order valence-electron chi connectivity index (χ2n) is 7.88. The molecule has 8 nitrogen and oxygen atoms in total. The summed E-state index contributed by atoms with van der Waals surface area (Å²) in [6.07, 6.45) is 0. The Balaban J connectivity index is 1.69. The maximum Gasteiger partial charge on any atom is 0.338 e. The van der Waals surface area contributed by atoms with Crippen LogP contribution in [0.5, 0.6) is 5.75 Å². The highest BCUT2D eigenvalue weighted by Gasteiger charge is 2.32. The molecule has 0 bridgehead atoms. The summed E-state index contributed by atoms with van der Waals surface area (Å²) in [5.41, 5.74) is 3.48. The van der Waals surface area contributed by atoms with Crippen molar-refractivity contribution in [1.82, 2.24) is 5.32 Å². The van der Waals surface area contributed by atoms with E-state index in [1.54, 1.807) is 19.1 Å². The van der Waals surface area contributed by atoms with Crippen molar-refractivity contribution in [2.45, 2.75) is 26.5 Å². The molecule has 0 aromatic heterocycles. The number of hydrogen-bond acceptors (Lipinski definition) is 7. The molecule has 1 aliphatic rings. The summed E-state index contributed by atoms with van der Waals surface area (Å²) in [6, 6.07) is 22.6. The molecule has 1 aliphatic heterocycles. The van der Waals surface area contributed by atoms with Gasteiger partial charge < -0.3 is 14.8 Å². The lowest BCUT2D eigenvalue weighted by atomic mass is 9.94. The molecule has 0 spiro atoms. The standard InChI is InChI=1S/C27H25N3O5/c1-3-34-27(31)24-18(2)28-26(20-9-5-4-6-10-20)29-25(24)22-11-7-8-12-23(22)35-17-19-13-15-21(16-14-19)30(32)33/h4-16,25H,3,17H2,1-2H3,(H,28,29). The van der Waals surface area contributed by atoms with Crippen LogP contribution < -0.4 is 10.1 Å². The fraction of sp³-hybridized carbons (Fsp3) is 0.185. The van der Waals surface area contributed by atoms with E-state index in [4.69, 9.17) is 14.5 Å². The summed E-state index contributed by atoms with van der Waals surface area (Å²) in [7, 11) is 0. The third-order valence-corrected chi connectivity index (χ3v) is 5.54. The van der Waals surface area contributed by atoms with Gasteiger partial charge in [-0.3, -0.25) is 15.1 Å². The number of nitro groups is 1. The largest absolute Gasteiger partial charge is 0.489 e. The Morgan fingerprint density at radius 3 is 2.40 bits per heavy atom. The van der Waals surface area contributed by atoms with Gasteiger partial charge in [0.1, 0.15) is 24.2 Å². The smallest absolute Gasteiger partial charge is 0.338 e. The molecule has 1 unspecified atom stereocenters. The van der Waals surface area contributed by atoms with Gasteiger partial charge in [-0.25, -0.2) is 4.79 Å². The van der Waals surface area contributed by atoms with Crippen LogP contribution in [-0.4, -0.2) is 23.3 Å². The van der Waals surface area contributed by atoms with Crippen molar-refractivity contribution in [3.63, 3.8) is 0 Å². The van der Waals surface area contributed by atoms with Gasteiger partial charge in [0.25, 0.3) is 5.69 Å². The van der Waals surface area contributed by atoms with Crippen LogP contribution in [0, 0.1) is 10.1 Å². The molecule has 1 N–H and O–H groups in total. The molecule has 1 atom stereocenters. The van der Waals surface area contributed by atoms with Gasteiger partial charge in [0.2, 0.25) is 0 Å². The van der Waals surface area contributed by atoms with Gasteiger partial charge in [-0.05, 0) is 37.6 Å². The average Bonchev–Trinajstić information content (AvgIpc) is 2.88. The minimum atomic E-state index is -0.640. The van der Waals surface area contributed by atoms with Crippen LogP contribution in [0.4, 0.5) is 5.69 Å². The first kappa shape index (κ1) is 23.7. The molecule has 8 heteroatoms. The van der Waals surface area contributed by atoms with Crippen LogP contribution in [0.15, 0.2) is 95.1 Å². The SMILES string of the molecule is CCOC(=O)C1=C(C)NC(c2ccccc2)=NC1c1ccccc1OCc1ccc([N+](=O)[O-])cc1. The van der Waals surface area contributed by atoms with Gasteiger partial charge in [0.05, 0.1) is 17.1 Å². The number of carbonyl (C=O) groups is 1. The van der Waals surface area contributed by atoms with Gasteiger partial charge in [-0.15, -0.1) is 0 Å². The Morgan fingerprint density at radius 1 is 1.03 bits per heavy atom. The molecule has 35 heavy (non-hydrogen) atoms. The first-order valence-corrected chi connectivity index (χ1v) is 11.2. The van der Waals surface area contributed by atoms with E-state index in [1.165, 1.54) is 12.1 Å². The number of ether oxygens (including phenoxy) is 2. The number of non-ortho nitro benzene ring substituents is 1. The van der Waals surface area contributed by atoms with E-state index in [2.05, 4.69) is 5.32 Å². The molecular weight excluding hydrogens is 446 g/mol. The van der Waals surface area contributed by atoms with E-state index in [0.717, 1.165) is 11.1 Å². The van der Waals surface area contributed by atoms with Gasteiger partial charge in [0, 0.05) is 29.0 Å².